The predicted octanol–water partition coefficient (Wildman–Crippen LogP) is -1.14. The van der Waals surface area contributed by atoms with E-state index >= 15 is 0 Å². The van der Waals surface area contributed by atoms with Crippen LogP contribution in [-0.4, -0.2) is 110 Å². The zero-order valence-corrected chi connectivity index (χ0v) is 21.6. The molecule has 41 heavy (non-hydrogen) atoms. The maximum Gasteiger partial charge on any atom is 0.197 e. The molecule has 14 heteroatoms. The number of methoxy groups -OCH3 is 1. The van der Waals surface area contributed by atoms with Crippen LogP contribution in [0.3, 0.4) is 0 Å². The van der Waals surface area contributed by atoms with Crippen molar-refractivity contribution in [1.82, 2.24) is 0 Å². The van der Waals surface area contributed by atoms with E-state index in [2.05, 4.69) is 0 Å². The third kappa shape index (κ3) is 5.37. The Morgan fingerprint density at radius 3 is 2.29 bits per heavy atom. The summed E-state index contributed by atoms with van der Waals surface area (Å²) in [5.74, 6) is -0.685. The number of aliphatic hydroxyl groups excluding tert-OH is 6. The van der Waals surface area contributed by atoms with Gasteiger partial charge in [-0.1, -0.05) is 0 Å². The van der Waals surface area contributed by atoms with E-state index in [4.69, 9.17) is 23.4 Å². The van der Waals surface area contributed by atoms with Crippen molar-refractivity contribution in [1.29, 1.82) is 0 Å². The Labute approximate surface area is 231 Å². The maximum absolute atomic E-state index is 13.1. The molecule has 0 radical (unpaired) electrons. The van der Waals surface area contributed by atoms with Crippen molar-refractivity contribution >= 4 is 11.0 Å². The van der Waals surface area contributed by atoms with Crippen LogP contribution in [0.2, 0.25) is 0 Å². The Balaban J connectivity index is 1.44. The van der Waals surface area contributed by atoms with Crippen molar-refractivity contribution in [2.75, 3.05) is 20.3 Å². The summed E-state index contributed by atoms with van der Waals surface area (Å²) in [5, 5.41) is 82.8. The highest BCUT2D eigenvalue weighted by molar-refractivity contribution is 5.88. The molecule has 0 spiro atoms. The minimum Gasteiger partial charge on any atom is -0.507 e. The normalized spacial score (nSPS) is 32.2. The van der Waals surface area contributed by atoms with E-state index in [0.29, 0.717) is 11.3 Å². The van der Waals surface area contributed by atoms with Gasteiger partial charge in [-0.15, -0.1) is 0 Å². The van der Waals surface area contributed by atoms with Gasteiger partial charge < -0.3 is 64.2 Å². The molecule has 222 valence electrons. The molecule has 9 atom stereocenters. The lowest BCUT2D eigenvalue weighted by Gasteiger charge is -2.42. The van der Waals surface area contributed by atoms with E-state index in [1.165, 1.54) is 7.11 Å². The van der Waals surface area contributed by atoms with Gasteiger partial charge in [-0.2, -0.15) is 0 Å². The largest absolute Gasteiger partial charge is 0.507 e. The average Bonchev–Trinajstić information content (AvgIpc) is 2.95. The van der Waals surface area contributed by atoms with Gasteiger partial charge in [-0.3, -0.25) is 4.79 Å². The second-order valence-electron chi connectivity index (χ2n) is 9.89. The average molecular weight is 579 g/mol. The molecule has 8 N–H and O–H groups in total. The lowest BCUT2D eigenvalue weighted by Crippen LogP contribution is -2.57. The highest BCUT2D eigenvalue weighted by Gasteiger charge is 2.47. The van der Waals surface area contributed by atoms with E-state index in [9.17, 15) is 45.6 Å². The van der Waals surface area contributed by atoms with Crippen LogP contribution in [0.1, 0.15) is 11.7 Å². The van der Waals surface area contributed by atoms with E-state index < -0.39 is 84.2 Å². The first-order valence-electron chi connectivity index (χ1n) is 12.7. The molecular formula is C27H30O14. The number of hydrogen-bond acceptors (Lipinski definition) is 14. The molecule has 2 fully saturated rings. The van der Waals surface area contributed by atoms with Gasteiger partial charge in [-0.05, 0) is 24.3 Å². The lowest BCUT2D eigenvalue weighted by molar-refractivity contribution is -0.292. The SMILES string of the molecule is COc1ccc(-c2cc(=O)c3c(O)c([C@@H]4O[C@H](CO[C@H]5OC[C@@H](O)[C@H](O)[C@@H]5O)[C@@H](O)[C@H](O)[C@H]4O)c(O)cc3o2)cc1. The van der Waals surface area contributed by atoms with Crippen LogP contribution in [0.15, 0.2) is 45.6 Å². The minimum atomic E-state index is -1.87. The Hall–Kier alpha value is -3.31. The van der Waals surface area contributed by atoms with Gasteiger partial charge in [0.25, 0.3) is 0 Å². The summed E-state index contributed by atoms with van der Waals surface area (Å²) in [5.41, 5.74) is -0.770. The summed E-state index contributed by atoms with van der Waals surface area (Å²) < 4.78 is 27.1. The molecule has 0 bridgehead atoms. The van der Waals surface area contributed by atoms with Gasteiger partial charge in [0.15, 0.2) is 11.7 Å². The summed E-state index contributed by atoms with van der Waals surface area (Å²) in [6.45, 7) is -0.892. The number of phenolic OH excluding ortho intramolecular Hbond substituents is 2. The van der Waals surface area contributed by atoms with Crippen LogP contribution in [0.5, 0.6) is 17.2 Å². The summed E-state index contributed by atoms with van der Waals surface area (Å²) in [6, 6.07) is 8.81. The summed E-state index contributed by atoms with van der Waals surface area (Å²) in [4.78, 5) is 13.1. The van der Waals surface area contributed by atoms with Crippen molar-refractivity contribution < 1.29 is 64.2 Å². The quantitative estimate of drug-likeness (QED) is 0.173. The first-order valence-corrected chi connectivity index (χ1v) is 12.7. The predicted molar refractivity (Wildman–Crippen MR) is 137 cm³/mol. The molecule has 0 unspecified atom stereocenters. The Bertz CT molecular complexity index is 1440. The molecule has 0 amide bonds. The second kappa shape index (κ2) is 11.5. The third-order valence-corrected chi connectivity index (χ3v) is 7.26. The van der Waals surface area contributed by atoms with Crippen molar-refractivity contribution in [3.8, 4) is 28.6 Å². The molecule has 0 aliphatic carbocycles. The smallest absolute Gasteiger partial charge is 0.197 e. The van der Waals surface area contributed by atoms with Crippen LogP contribution in [-0.2, 0) is 14.2 Å². The Kier molecular flexibility index (Phi) is 8.20. The fourth-order valence-corrected chi connectivity index (χ4v) is 4.93. The number of ether oxygens (including phenoxy) is 4. The maximum atomic E-state index is 13.1. The molecule has 2 aliphatic rings. The molecule has 14 nitrogen and oxygen atoms in total. The first kappa shape index (κ1) is 29.2. The van der Waals surface area contributed by atoms with Crippen LogP contribution in [0, 0.1) is 0 Å². The number of rotatable bonds is 6. The summed E-state index contributed by atoms with van der Waals surface area (Å²) in [7, 11) is 1.50. The number of benzene rings is 2. The van der Waals surface area contributed by atoms with Crippen molar-refractivity contribution in [2.45, 2.75) is 55.1 Å². The van der Waals surface area contributed by atoms with E-state index in [1.54, 1.807) is 24.3 Å². The van der Waals surface area contributed by atoms with Gasteiger partial charge in [0, 0.05) is 17.7 Å². The molecule has 0 saturated carbocycles. The first-order chi connectivity index (χ1) is 19.5. The molecule has 5 rings (SSSR count). The minimum absolute atomic E-state index is 0.145. The molecule has 3 heterocycles. The number of fused-ring (bicyclic) bond motifs is 1. The zero-order valence-electron chi connectivity index (χ0n) is 21.6. The molecule has 2 aromatic carbocycles. The Morgan fingerprint density at radius 2 is 1.61 bits per heavy atom. The van der Waals surface area contributed by atoms with Gasteiger partial charge >= 0.3 is 0 Å². The van der Waals surface area contributed by atoms with E-state index in [-0.39, 0.29) is 23.3 Å². The van der Waals surface area contributed by atoms with Crippen LogP contribution in [0.4, 0.5) is 0 Å². The highest BCUT2D eigenvalue weighted by Crippen LogP contribution is 2.44. The summed E-state index contributed by atoms with van der Waals surface area (Å²) in [6.07, 6.45) is -14.5. The molecule has 2 aliphatic heterocycles. The van der Waals surface area contributed by atoms with Crippen molar-refractivity contribution in [3.05, 3.63) is 52.2 Å². The lowest BCUT2D eigenvalue weighted by atomic mass is 9.89. The van der Waals surface area contributed by atoms with Gasteiger partial charge in [0.1, 0.15) is 82.8 Å². The zero-order chi connectivity index (χ0) is 29.6. The molecule has 2 saturated heterocycles. The standard InChI is InChI=1S/C27H30O14/c1-37-11-4-2-10(3-5-11)15-6-12(28)18-16(40-15)7-13(29)19(22(18)33)26-24(35)23(34)21(32)17(41-26)9-39-27-25(36)20(31)14(30)8-38-27/h2-7,14,17,20-21,23-27,29-36H,8-9H2,1H3/t14-,17-,20+,21-,23+,24-,25+,26+,27-/m1/s1. The second-order valence-corrected chi connectivity index (χ2v) is 9.89. The fraction of sp³-hybridized carbons (Fsp3) is 0.444. The number of phenols is 2. The van der Waals surface area contributed by atoms with Crippen LogP contribution >= 0.6 is 0 Å². The van der Waals surface area contributed by atoms with Crippen molar-refractivity contribution in [3.63, 3.8) is 0 Å². The number of hydrogen-bond donors (Lipinski definition) is 8. The molecule has 1 aromatic heterocycles. The van der Waals surface area contributed by atoms with E-state index in [0.717, 1.165) is 12.1 Å². The topological polar surface area (TPSA) is 229 Å². The Morgan fingerprint density at radius 1 is 0.902 bits per heavy atom. The van der Waals surface area contributed by atoms with Gasteiger partial charge in [0.05, 0.1) is 25.9 Å². The van der Waals surface area contributed by atoms with Crippen LogP contribution in [0.25, 0.3) is 22.3 Å². The third-order valence-electron chi connectivity index (χ3n) is 7.26. The van der Waals surface area contributed by atoms with E-state index in [1.807, 2.05) is 0 Å². The highest BCUT2D eigenvalue weighted by atomic mass is 16.7. The summed E-state index contributed by atoms with van der Waals surface area (Å²) >= 11 is 0. The number of aromatic hydroxyl groups is 2. The monoisotopic (exact) mass is 578 g/mol. The van der Waals surface area contributed by atoms with Crippen molar-refractivity contribution in [2.24, 2.45) is 0 Å². The molecular weight excluding hydrogens is 548 g/mol. The van der Waals surface area contributed by atoms with Crippen LogP contribution < -0.4 is 10.2 Å². The number of aliphatic hydroxyl groups is 6. The van der Waals surface area contributed by atoms with Gasteiger partial charge in [0.2, 0.25) is 0 Å². The molecule has 3 aromatic rings. The fourth-order valence-electron chi connectivity index (χ4n) is 4.93. The van der Waals surface area contributed by atoms with Gasteiger partial charge in [-0.25, -0.2) is 0 Å².